The van der Waals surface area contributed by atoms with Crippen LogP contribution in [0.15, 0.2) is 30.9 Å². The van der Waals surface area contributed by atoms with E-state index in [4.69, 9.17) is 5.73 Å². The molecule has 0 saturated heterocycles. The lowest BCUT2D eigenvalue weighted by Crippen LogP contribution is -2.19. The molecule has 10 nitrogen and oxygen atoms in total. The summed E-state index contributed by atoms with van der Waals surface area (Å²) in [5.74, 6) is 0.352. The molecular formula is C13H15N9O. The lowest BCUT2D eigenvalue weighted by Gasteiger charge is -2.01. The first kappa shape index (κ1) is 14.6. The highest BCUT2D eigenvalue weighted by atomic mass is 16.2. The largest absolute Gasteiger partial charge is 0.368 e. The number of carbonyl (C=O) groups is 1. The summed E-state index contributed by atoms with van der Waals surface area (Å²) in [4.78, 5) is 19.9. The lowest BCUT2D eigenvalue weighted by atomic mass is 10.2. The Balaban J connectivity index is 1.65. The molecule has 0 atom stereocenters. The van der Waals surface area contributed by atoms with E-state index in [9.17, 15) is 4.79 Å². The van der Waals surface area contributed by atoms with Gasteiger partial charge in [0.05, 0.1) is 18.1 Å². The van der Waals surface area contributed by atoms with E-state index in [0.29, 0.717) is 18.1 Å². The van der Waals surface area contributed by atoms with E-state index in [2.05, 4.69) is 30.7 Å². The lowest BCUT2D eigenvalue weighted by molar-refractivity contribution is -0.116. The Morgan fingerprint density at radius 1 is 1.35 bits per heavy atom. The summed E-state index contributed by atoms with van der Waals surface area (Å²) in [5.41, 5.74) is 6.96. The van der Waals surface area contributed by atoms with Crippen LogP contribution < -0.4 is 11.1 Å². The van der Waals surface area contributed by atoms with Gasteiger partial charge in [0.1, 0.15) is 6.54 Å². The quantitative estimate of drug-likeness (QED) is 0.686. The van der Waals surface area contributed by atoms with Gasteiger partial charge in [-0.3, -0.25) is 14.2 Å². The number of nitrogens with two attached hydrogens (primary N) is 1. The van der Waals surface area contributed by atoms with Crippen LogP contribution in [0.25, 0.3) is 11.3 Å². The van der Waals surface area contributed by atoms with Crippen molar-refractivity contribution < 1.29 is 4.79 Å². The molecule has 10 heteroatoms. The number of anilines is 2. The van der Waals surface area contributed by atoms with Crippen molar-refractivity contribution in [2.75, 3.05) is 11.1 Å². The fourth-order valence-corrected chi connectivity index (χ4v) is 1.96. The van der Waals surface area contributed by atoms with Crippen molar-refractivity contribution in [1.82, 2.24) is 34.7 Å². The number of aryl methyl sites for hydroxylation is 1. The molecule has 0 aliphatic carbocycles. The summed E-state index contributed by atoms with van der Waals surface area (Å²) < 4.78 is 3.13. The van der Waals surface area contributed by atoms with Crippen molar-refractivity contribution in [3.63, 3.8) is 0 Å². The molecule has 3 rings (SSSR count). The number of aromatic nitrogens is 7. The zero-order valence-electron chi connectivity index (χ0n) is 12.4. The maximum atomic E-state index is 12.0. The van der Waals surface area contributed by atoms with Crippen LogP contribution >= 0.6 is 0 Å². The molecule has 118 valence electrons. The van der Waals surface area contributed by atoms with E-state index in [-0.39, 0.29) is 18.4 Å². The van der Waals surface area contributed by atoms with E-state index in [1.165, 1.54) is 4.68 Å². The summed E-state index contributed by atoms with van der Waals surface area (Å²) in [6.07, 6.45) is 6.56. The minimum atomic E-state index is -0.245. The number of carbonyl (C=O) groups excluding carboxylic acids is 1. The zero-order chi connectivity index (χ0) is 16.2. The van der Waals surface area contributed by atoms with Crippen molar-refractivity contribution in [2.45, 2.75) is 20.0 Å². The molecule has 0 radical (unpaired) electrons. The van der Waals surface area contributed by atoms with Gasteiger partial charge >= 0.3 is 0 Å². The summed E-state index contributed by atoms with van der Waals surface area (Å²) in [7, 11) is 0. The number of rotatable bonds is 5. The summed E-state index contributed by atoms with van der Waals surface area (Å²) >= 11 is 0. The van der Waals surface area contributed by atoms with Crippen LogP contribution in [0.5, 0.6) is 0 Å². The highest BCUT2D eigenvalue weighted by molar-refractivity contribution is 5.89. The number of amides is 1. The smallest absolute Gasteiger partial charge is 0.247 e. The fraction of sp³-hybridized carbons (Fsp3) is 0.231. The summed E-state index contributed by atoms with van der Waals surface area (Å²) in [6.45, 7) is 2.68. The van der Waals surface area contributed by atoms with Gasteiger partial charge in [-0.05, 0) is 13.0 Å². The van der Waals surface area contributed by atoms with Gasteiger partial charge in [-0.1, -0.05) is 5.21 Å². The molecule has 23 heavy (non-hydrogen) atoms. The van der Waals surface area contributed by atoms with Gasteiger partial charge in [-0.15, -0.1) is 5.10 Å². The van der Waals surface area contributed by atoms with E-state index < -0.39 is 0 Å². The molecule has 1 amide bonds. The van der Waals surface area contributed by atoms with E-state index in [1.54, 1.807) is 35.5 Å². The third kappa shape index (κ3) is 3.48. The van der Waals surface area contributed by atoms with Crippen LogP contribution in [0.2, 0.25) is 0 Å². The van der Waals surface area contributed by atoms with Crippen molar-refractivity contribution in [3.05, 3.63) is 30.9 Å². The molecule has 3 aromatic rings. The second-order valence-electron chi connectivity index (χ2n) is 4.73. The molecule has 0 aromatic carbocycles. The molecule has 0 spiro atoms. The van der Waals surface area contributed by atoms with E-state index in [0.717, 1.165) is 5.56 Å². The third-order valence-electron chi connectivity index (χ3n) is 3.04. The average Bonchev–Trinajstić information content (AvgIpc) is 3.16. The molecule has 0 fully saturated rings. The Labute approximate surface area is 131 Å². The van der Waals surface area contributed by atoms with Crippen LogP contribution in [0.3, 0.4) is 0 Å². The maximum Gasteiger partial charge on any atom is 0.247 e. The first-order valence-corrected chi connectivity index (χ1v) is 6.95. The van der Waals surface area contributed by atoms with Gasteiger partial charge in [-0.25, -0.2) is 9.97 Å². The molecular weight excluding hydrogens is 298 g/mol. The van der Waals surface area contributed by atoms with Gasteiger partial charge in [0.2, 0.25) is 11.9 Å². The van der Waals surface area contributed by atoms with Gasteiger partial charge in [0.15, 0.2) is 5.82 Å². The van der Waals surface area contributed by atoms with Crippen molar-refractivity contribution in [3.8, 4) is 11.3 Å². The molecule has 0 saturated carbocycles. The molecule has 3 heterocycles. The first-order chi connectivity index (χ1) is 11.1. The minimum Gasteiger partial charge on any atom is -0.368 e. The van der Waals surface area contributed by atoms with Crippen LogP contribution in [-0.4, -0.2) is 40.6 Å². The molecule has 0 aliphatic heterocycles. The van der Waals surface area contributed by atoms with Crippen LogP contribution in [0.1, 0.15) is 6.92 Å². The minimum absolute atomic E-state index is 0.0551. The van der Waals surface area contributed by atoms with Gasteiger partial charge in [0, 0.05) is 24.5 Å². The first-order valence-electron chi connectivity index (χ1n) is 6.95. The highest BCUT2D eigenvalue weighted by Crippen LogP contribution is 2.15. The summed E-state index contributed by atoms with van der Waals surface area (Å²) in [5, 5.41) is 14.5. The average molecular weight is 313 g/mol. The molecule has 0 unspecified atom stereocenters. The maximum absolute atomic E-state index is 12.0. The molecule has 3 aromatic heterocycles. The third-order valence-corrected chi connectivity index (χ3v) is 3.04. The number of hydrogen-bond donors (Lipinski definition) is 2. The van der Waals surface area contributed by atoms with Gasteiger partial charge in [-0.2, -0.15) is 5.10 Å². The topological polar surface area (TPSA) is 129 Å². The van der Waals surface area contributed by atoms with Crippen molar-refractivity contribution in [2.24, 2.45) is 0 Å². The van der Waals surface area contributed by atoms with Crippen molar-refractivity contribution >= 4 is 17.7 Å². The van der Waals surface area contributed by atoms with Crippen LogP contribution in [0.4, 0.5) is 11.8 Å². The molecule has 0 aliphatic rings. The number of nitrogen functional groups attached to an aromatic ring is 1. The van der Waals surface area contributed by atoms with Gasteiger partial charge < -0.3 is 11.1 Å². The Morgan fingerprint density at radius 3 is 2.96 bits per heavy atom. The van der Waals surface area contributed by atoms with Crippen molar-refractivity contribution in [1.29, 1.82) is 0 Å². The van der Waals surface area contributed by atoms with Crippen LogP contribution in [-0.2, 0) is 17.9 Å². The second-order valence-corrected chi connectivity index (χ2v) is 4.73. The molecule has 3 N–H and O–H groups in total. The van der Waals surface area contributed by atoms with E-state index >= 15 is 0 Å². The zero-order valence-corrected chi connectivity index (χ0v) is 12.4. The number of nitrogens with zero attached hydrogens (tertiary/aromatic N) is 7. The Hall–Kier alpha value is -3.30. The predicted molar refractivity (Wildman–Crippen MR) is 82.0 cm³/mol. The number of nitrogens with one attached hydrogen (secondary N) is 1. The highest BCUT2D eigenvalue weighted by Gasteiger charge is 2.09. The Bertz CT molecular complexity index is 822. The summed E-state index contributed by atoms with van der Waals surface area (Å²) in [6, 6.07) is 1.72. The normalized spacial score (nSPS) is 10.7. The van der Waals surface area contributed by atoms with Gasteiger partial charge in [0.25, 0.3) is 0 Å². The Morgan fingerprint density at radius 2 is 2.22 bits per heavy atom. The van der Waals surface area contributed by atoms with E-state index in [1.807, 2.05) is 6.92 Å². The second kappa shape index (κ2) is 6.22. The molecule has 0 bridgehead atoms. The monoisotopic (exact) mass is 313 g/mol. The SMILES string of the molecule is CCn1cc(NC(=O)Cn2cc(-c3ccnc(N)n3)cn2)nn1. The predicted octanol–water partition coefficient (Wildman–Crippen LogP) is 0.172. The fourth-order valence-electron chi connectivity index (χ4n) is 1.96. The number of hydrogen-bond acceptors (Lipinski definition) is 7. The Kier molecular flexibility index (Phi) is 3.95. The standard InChI is InChI=1S/C13H15N9O/c1-2-21-7-11(19-20-21)18-12(23)8-22-6-9(5-16-22)10-3-4-15-13(14)17-10/h3-7H,2,8H2,1H3,(H,18,23)(H2,14,15,17). The van der Waals surface area contributed by atoms with Crippen LogP contribution in [0, 0.1) is 0 Å².